The fraction of sp³-hybridized carbons (Fsp3) is 0.200. The molecular weight excluding hydrogens is 454 g/mol. The van der Waals surface area contributed by atoms with Gasteiger partial charge >= 0.3 is 6.72 Å². The van der Waals surface area contributed by atoms with Crippen LogP contribution in [0.5, 0.6) is 11.5 Å². The summed E-state index contributed by atoms with van der Waals surface area (Å²) in [5.74, 6) is 0.0643. The van der Waals surface area contributed by atoms with E-state index in [1.54, 1.807) is 0 Å². The van der Waals surface area contributed by atoms with Crippen molar-refractivity contribution in [2.75, 3.05) is 6.61 Å². The van der Waals surface area contributed by atoms with E-state index < -0.39 is 16.6 Å². The Balaban J connectivity index is 2.32. The van der Waals surface area contributed by atoms with Crippen molar-refractivity contribution in [1.82, 2.24) is 0 Å². The average Bonchev–Trinajstić information content (AvgIpc) is 2.63. The Morgan fingerprint density at radius 1 is 0.964 bits per heavy atom. The molecule has 0 aliphatic carbocycles. The Kier molecular flexibility index (Phi) is 7.56. The average molecular weight is 467 g/mol. The van der Waals surface area contributed by atoms with Crippen LogP contribution in [0.4, 0.5) is 11.4 Å². The second-order valence-corrected chi connectivity index (χ2v) is 8.88. The zero-order valence-corrected chi connectivity index (χ0v) is 17.5. The van der Waals surface area contributed by atoms with E-state index in [1.165, 1.54) is 24.3 Å². The maximum absolute atomic E-state index is 10.8. The largest absolute Gasteiger partial charge is 0.435 e. The third-order valence-corrected chi connectivity index (χ3v) is 5.82. The molecular formula is C15H13Cl2N2O7PS. The van der Waals surface area contributed by atoms with Crippen molar-refractivity contribution in [2.24, 2.45) is 0 Å². The molecule has 0 radical (unpaired) electrons. The van der Waals surface area contributed by atoms with Crippen LogP contribution < -0.4 is 9.05 Å². The molecule has 0 saturated carbocycles. The lowest BCUT2D eigenvalue weighted by atomic mass is 10.3. The molecule has 0 unspecified atom stereocenters. The van der Waals surface area contributed by atoms with Crippen LogP contribution in [0, 0.1) is 20.2 Å². The van der Waals surface area contributed by atoms with Gasteiger partial charge < -0.3 is 9.05 Å². The topological polar surface area (TPSA) is 114 Å². The van der Waals surface area contributed by atoms with Gasteiger partial charge in [0.25, 0.3) is 11.4 Å². The highest BCUT2D eigenvalue weighted by Gasteiger charge is 2.28. The predicted octanol–water partition coefficient (Wildman–Crippen LogP) is 5.92. The molecule has 0 bridgehead atoms. The highest BCUT2D eigenvalue weighted by Crippen LogP contribution is 2.53. The molecule has 0 saturated heterocycles. The van der Waals surface area contributed by atoms with Gasteiger partial charge in [0.1, 0.15) is 11.5 Å². The lowest BCUT2D eigenvalue weighted by molar-refractivity contribution is -0.385. The summed E-state index contributed by atoms with van der Waals surface area (Å²) in [6.07, 6.45) is 0.604. The van der Waals surface area contributed by atoms with E-state index in [1.807, 2.05) is 6.92 Å². The summed E-state index contributed by atoms with van der Waals surface area (Å²) in [4.78, 5) is 20.4. The van der Waals surface area contributed by atoms with E-state index >= 15 is 0 Å². The van der Waals surface area contributed by atoms with Crippen molar-refractivity contribution in [3.63, 3.8) is 0 Å². The van der Waals surface area contributed by atoms with Crippen LogP contribution in [0.1, 0.15) is 13.3 Å². The monoisotopic (exact) mass is 466 g/mol. The van der Waals surface area contributed by atoms with Crippen molar-refractivity contribution in [1.29, 1.82) is 0 Å². The maximum atomic E-state index is 10.8. The van der Waals surface area contributed by atoms with Crippen molar-refractivity contribution in [3.8, 4) is 11.5 Å². The van der Waals surface area contributed by atoms with Gasteiger partial charge in [-0.1, -0.05) is 30.1 Å². The van der Waals surface area contributed by atoms with Crippen LogP contribution in [-0.4, -0.2) is 16.5 Å². The zero-order chi connectivity index (χ0) is 20.9. The second kappa shape index (κ2) is 9.49. The molecule has 0 aliphatic rings. The predicted molar refractivity (Wildman–Crippen MR) is 108 cm³/mol. The minimum Gasteiger partial charge on any atom is -0.414 e. The fourth-order valence-corrected chi connectivity index (χ4v) is 4.46. The minimum absolute atomic E-state index is 0.0322. The quantitative estimate of drug-likeness (QED) is 0.254. The zero-order valence-electron chi connectivity index (χ0n) is 14.2. The van der Waals surface area contributed by atoms with E-state index in [-0.39, 0.29) is 39.5 Å². The molecule has 0 heterocycles. The van der Waals surface area contributed by atoms with E-state index in [9.17, 15) is 20.2 Å². The van der Waals surface area contributed by atoms with E-state index in [4.69, 9.17) is 48.6 Å². The number of nitrogens with zero attached hydrogens (tertiary/aromatic N) is 2. The number of benzene rings is 2. The highest BCUT2D eigenvalue weighted by atomic mass is 35.5. The van der Waals surface area contributed by atoms with Crippen molar-refractivity contribution < 1.29 is 23.4 Å². The highest BCUT2D eigenvalue weighted by molar-refractivity contribution is 8.07. The van der Waals surface area contributed by atoms with Crippen LogP contribution in [-0.2, 0) is 16.3 Å². The summed E-state index contributed by atoms with van der Waals surface area (Å²) in [6.45, 7) is -1.44. The van der Waals surface area contributed by atoms with Gasteiger partial charge in [-0.2, -0.15) is 0 Å². The Bertz CT molecular complexity index is 890. The van der Waals surface area contributed by atoms with E-state index in [0.29, 0.717) is 6.42 Å². The summed E-state index contributed by atoms with van der Waals surface area (Å²) in [7, 11) is 0. The molecule has 9 nitrogen and oxygen atoms in total. The second-order valence-electron chi connectivity index (χ2n) is 5.21. The number of nitro groups is 2. The summed E-state index contributed by atoms with van der Waals surface area (Å²) >= 11 is 17.4. The van der Waals surface area contributed by atoms with Crippen LogP contribution in [0.3, 0.4) is 0 Å². The number of halogens is 2. The Morgan fingerprint density at radius 3 is 1.71 bits per heavy atom. The van der Waals surface area contributed by atoms with E-state index in [0.717, 1.165) is 12.1 Å². The maximum Gasteiger partial charge on any atom is 0.435 e. The van der Waals surface area contributed by atoms with Crippen molar-refractivity contribution in [2.45, 2.75) is 13.3 Å². The Hall–Kier alpha value is -1.97. The molecule has 0 atom stereocenters. The Morgan fingerprint density at radius 2 is 1.39 bits per heavy atom. The lowest BCUT2D eigenvalue weighted by Gasteiger charge is -2.23. The van der Waals surface area contributed by atoms with Gasteiger partial charge in [0.05, 0.1) is 26.5 Å². The van der Waals surface area contributed by atoms with Crippen LogP contribution in [0.25, 0.3) is 0 Å². The number of rotatable bonds is 9. The molecule has 0 spiro atoms. The molecule has 2 rings (SSSR count). The summed E-state index contributed by atoms with van der Waals surface area (Å²) < 4.78 is 16.8. The minimum atomic E-state index is -3.49. The first-order chi connectivity index (χ1) is 13.1. The molecule has 0 N–H and O–H groups in total. The summed E-state index contributed by atoms with van der Waals surface area (Å²) in [5, 5.41) is 21.5. The van der Waals surface area contributed by atoms with Gasteiger partial charge in [0.2, 0.25) is 0 Å². The van der Waals surface area contributed by atoms with Gasteiger partial charge in [0.15, 0.2) is 0 Å². The molecule has 28 heavy (non-hydrogen) atoms. The molecule has 0 aliphatic heterocycles. The first-order valence-electron chi connectivity index (χ1n) is 7.67. The van der Waals surface area contributed by atoms with Crippen LogP contribution in [0.2, 0.25) is 10.0 Å². The first-order valence-corrected chi connectivity index (χ1v) is 11.0. The molecule has 2 aromatic rings. The normalized spacial score (nSPS) is 11.1. The third-order valence-electron chi connectivity index (χ3n) is 3.13. The number of nitro benzene ring substituents is 2. The van der Waals surface area contributed by atoms with E-state index in [2.05, 4.69) is 0 Å². The molecule has 0 fully saturated rings. The smallest absolute Gasteiger partial charge is 0.414 e. The molecule has 13 heteroatoms. The van der Waals surface area contributed by atoms with Crippen LogP contribution in [0.15, 0.2) is 36.4 Å². The van der Waals surface area contributed by atoms with Gasteiger partial charge in [0, 0.05) is 36.1 Å². The molecule has 2 aromatic carbocycles. The number of hydrogen-bond acceptors (Lipinski definition) is 8. The number of hydrogen-bond donors (Lipinski definition) is 0. The standard InChI is InChI=1S/C15H13Cl2N2O7PS/c1-2-7-24-27(28,25-14-5-3-10(18(20)21)8-12(14)16)26-15-6-4-11(19(22)23)9-13(15)17/h3-6,8-9H,2,7H2,1H3. The Labute approximate surface area is 174 Å². The van der Waals surface area contributed by atoms with Gasteiger partial charge in [-0.25, -0.2) is 0 Å². The summed E-state index contributed by atoms with van der Waals surface area (Å²) in [6, 6.07) is 7.15. The fourth-order valence-electron chi connectivity index (χ4n) is 1.87. The number of non-ortho nitro benzene ring substituents is 2. The first kappa shape index (κ1) is 22.3. The van der Waals surface area contributed by atoms with Gasteiger partial charge in [-0.3, -0.25) is 24.8 Å². The summed E-state index contributed by atoms with van der Waals surface area (Å²) in [5.41, 5.74) is -0.445. The van der Waals surface area contributed by atoms with Crippen LogP contribution >= 0.6 is 29.9 Å². The third kappa shape index (κ3) is 5.76. The van der Waals surface area contributed by atoms with Crippen molar-refractivity contribution >= 4 is 53.1 Å². The van der Waals surface area contributed by atoms with Gasteiger partial charge in [-0.15, -0.1) is 0 Å². The van der Waals surface area contributed by atoms with Crippen molar-refractivity contribution in [3.05, 3.63) is 66.7 Å². The molecule has 150 valence electrons. The SMILES string of the molecule is CCCOP(=S)(Oc1ccc([N+](=O)[O-])cc1Cl)Oc1ccc([N+](=O)[O-])cc1Cl. The molecule has 0 amide bonds. The molecule has 0 aromatic heterocycles. The van der Waals surface area contributed by atoms with Gasteiger partial charge in [-0.05, 0) is 18.6 Å². The lowest BCUT2D eigenvalue weighted by Crippen LogP contribution is -2.06.